The predicted molar refractivity (Wildman–Crippen MR) is 136 cm³/mol. The zero-order valence-electron chi connectivity index (χ0n) is 20.3. The van der Waals surface area contributed by atoms with Crippen molar-refractivity contribution in [2.45, 2.75) is 50.5 Å². The van der Waals surface area contributed by atoms with Crippen molar-refractivity contribution in [3.63, 3.8) is 0 Å². The molecule has 2 aliphatic carbocycles. The van der Waals surface area contributed by atoms with Crippen LogP contribution in [-0.2, 0) is 12.7 Å². The van der Waals surface area contributed by atoms with Crippen molar-refractivity contribution >= 4 is 22.6 Å². The highest BCUT2D eigenvalue weighted by Gasteiger charge is 2.35. The van der Waals surface area contributed by atoms with Gasteiger partial charge in [-0.1, -0.05) is 18.2 Å². The fourth-order valence-electron chi connectivity index (χ4n) is 4.58. The predicted octanol–water partition coefficient (Wildman–Crippen LogP) is 6.83. The standard InChI is InChI=1S/C29H24F4N4O/c30-25-10-4-17(18-5-11-26-24(14-18)27(35-16-34-26)36-22-6-7-22)12-20(25)15-37(23-8-9-23)28(38)19-2-1-3-21(13-19)29(31,32)33/h1-5,10-14,16,22-23H,6-9,15H2,(H,34,35,36). The Morgan fingerprint density at radius 3 is 2.45 bits per heavy atom. The molecule has 0 spiro atoms. The number of nitrogens with zero attached hydrogens (tertiary/aromatic N) is 3. The van der Waals surface area contributed by atoms with Crippen LogP contribution in [0.1, 0.15) is 47.2 Å². The number of amides is 1. The van der Waals surface area contributed by atoms with Crippen LogP contribution in [0.4, 0.5) is 23.4 Å². The van der Waals surface area contributed by atoms with Crippen molar-refractivity contribution in [3.8, 4) is 11.1 Å². The van der Waals surface area contributed by atoms with E-state index in [1.165, 1.54) is 29.4 Å². The highest BCUT2D eigenvalue weighted by molar-refractivity contribution is 5.95. The first kappa shape index (κ1) is 24.3. The summed E-state index contributed by atoms with van der Waals surface area (Å²) in [6, 6.07) is 15.1. The van der Waals surface area contributed by atoms with E-state index in [9.17, 15) is 22.4 Å². The summed E-state index contributed by atoms with van der Waals surface area (Å²) < 4.78 is 54.6. The molecule has 0 atom stereocenters. The molecule has 0 bridgehead atoms. The number of rotatable bonds is 7. The average Bonchev–Trinajstić information content (AvgIpc) is 3.83. The third-order valence-corrected chi connectivity index (χ3v) is 6.96. The number of nitrogens with one attached hydrogen (secondary N) is 1. The lowest BCUT2D eigenvalue weighted by Gasteiger charge is -2.24. The van der Waals surface area contributed by atoms with E-state index in [2.05, 4.69) is 15.3 Å². The smallest absolute Gasteiger partial charge is 0.367 e. The van der Waals surface area contributed by atoms with Gasteiger partial charge in [-0.05, 0) is 79.3 Å². The molecule has 0 aliphatic heterocycles. The maximum Gasteiger partial charge on any atom is 0.416 e. The Hall–Kier alpha value is -4.01. The minimum Gasteiger partial charge on any atom is -0.367 e. The van der Waals surface area contributed by atoms with E-state index in [4.69, 9.17) is 0 Å². The van der Waals surface area contributed by atoms with Crippen LogP contribution >= 0.6 is 0 Å². The Balaban J connectivity index is 1.31. The van der Waals surface area contributed by atoms with E-state index in [0.717, 1.165) is 65.7 Å². The molecule has 5 nitrogen and oxygen atoms in total. The molecule has 2 fully saturated rings. The summed E-state index contributed by atoms with van der Waals surface area (Å²) in [5, 5.41) is 4.28. The number of carbonyl (C=O) groups excluding carboxylic acids is 1. The number of hydrogen-bond donors (Lipinski definition) is 1. The number of benzene rings is 3. The Labute approximate surface area is 216 Å². The molecule has 1 N–H and O–H groups in total. The maximum absolute atomic E-state index is 15.0. The van der Waals surface area contributed by atoms with Gasteiger partial charge in [-0.2, -0.15) is 13.2 Å². The van der Waals surface area contributed by atoms with Gasteiger partial charge in [-0.3, -0.25) is 4.79 Å². The number of fused-ring (bicyclic) bond motifs is 1. The van der Waals surface area contributed by atoms with Gasteiger partial charge in [0.05, 0.1) is 11.1 Å². The van der Waals surface area contributed by atoms with Gasteiger partial charge in [0.15, 0.2) is 0 Å². The molecular formula is C29H24F4N4O. The van der Waals surface area contributed by atoms with Crippen molar-refractivity contribution in [2.75, 3.05) is 5.32 Å². The molecule has 38 heavy (non-hydrogen) atoms. The zero-order chi connectivity index (χ0) is 26.4. The second-order valence-electron chi connectivity index (χ2n) is 9.92. The summed E-state index contributed by atoms with van der Waals surface area (Å²) in [5.74, 6) is -0.258. The van der Waals surface area contributed by atoms with Crippen LogP contribution in [0.25, 0.3) is 22.0 Å². The van der Waals surface area contributed by atoms with E-state index in [0.29, 0.717) is 11.6 Å². The van der Waals surface area contributed by atoms with Crippen LogP contribution in [0, 0.1) is 5.82 Å². The maximum atomic E-state index is 15.0. The van der Waals surface area contributed by atoms with Crippen molar-refractivity contribution in [1.29, 1.82) is 0 Å². The molecule has 1 aromatic heterocycles. The molecule has 2 saturated carbocycles. The SMILES string of the molecule is O=C(c1cccc(C(F)(F)F)c1)N(Cc1cc(-c2ccc3ncnc(NC4CC4)c3c2)ccc1F)C1CC1. The lowest BCUT2D eigenvalue weighted by Crippen LogP contribution is -2.33. The minimum absolute atomic E-state index is 0.0371. The second kappa shape index (κ2) is 9.38. The van der Waals surface area contributed by atoms with Crippen molar-refractivity contribution in [2.24, 2.45) is 0 Å². The van der Waals surface area contributed by atoms with Crippen LogP contribution in [0.2, 0.25) is 0 Å². The van der Waals surface area contributed by atoms with Crippen LogP contribution in [0.3, 0.4) is 0 Å². The number of aromatic nitrogens is 2. The van der Waals surface area contributed by atoms with Gasteiger partial charge in [-0.25, -0.2) is 14.4 Å². The molecule has 4 aromatic rings. The lowest BCUT2D eigenvalue weighted by molar-refractivity contribution is -0.137. The molecular weight excluding hydrogens is 496 g/mol. The van der Waals surface area contributed by atoms with E-state index >= 15 is 0 Å². The van der Waals surface area contributed by atoms with Crippen LogP contribution in [0.15, 0.2) is 67.0 Å². The summed E-state index contributed by atoms with van der Waals surface area (Å²) in [6.07, 6.45) is 0.629. The fraction of sp³-hybridized carbons (Fsp3) is 0.276. The van der Waals surface area contributed by atoms with Crippen molar-refractivity contribution in [1.82, 2.24) is 14.9 Å². The van der Waals surface area contributed by atoms with Gasteiger partial charge < -0.3 is 10.2 Å². The molecule has 1 amide bonds. The number of alkyl halides is 3. The molecule has 3 aromatic carbocycles. The van der Waals surface area contributed by atoms with Crippen molar-refractivity contribution in [3.05, 3.63) is 89.5 Å². The molecule has 0 radical (unpaired) electrons. The summed E-state index contributed by atoms with van der Waals surface area (Å²) in [4.78, 5) is 23.5. The van der Waals surface area contributed by atoms with Gasteiger partial charge in [0.2, 0.25) is 0 Å². The molecule has 0 unspecified atom stereocenters. The topological polar surface area (TPSA) is 58.1 Å². The lowest BCUT2D eigenvalue weighted by atomic mass is 10.0. The third kappa shape index (κ3) is 5.05. The second-order valence-corrected chi connectivity index (χ2v) is 9.92. The fourth-order valence-corrected chi connectivity index (χ4v) is 4.58. The molecule has 9 heteroatoms. The summed E-state index contributed by atoms with van der Waals surface area (Å²) in [7, 11) is 0. The number of anilines is 1. The molecule has 194 valence electrons. The molecule has 1 heterocycles. The first-order valence-corrected chi connectivity index (χ1v) is 12.5. The Kier molecular flexibility index (Phi) is 6.01. The van der Waals surface area contributed by atoms with Crippen LogP contribution < -0.4 is 5.32 Å². The average molecular weight is 521 g/mol. The van der Waals surface area contributed by atoms with Crippen LogP contribution in [-0.4, -0.2) is 32.9 Å². The van der Waals surface area contributed by atoms with Gasteiger partial charge in [-0.15, -0.1) is 0 Å². The third-order valence-electron chi connectivity index (χ3n) is 6.96. The van der Waals surface area contributed by atoms with E-state index in [1.54, 1.807) is 12.1 Å². The Bertz CT molecular complexity index is 1530. The number of hydrogen-bond acceptors (Lipinski definition) is 4. The van der Waals surface area contributed by atoms with Gasteiger partial charge >= 0.3 is 6.18 Å². The zero-order valence-corrected chi connectivity index (χ0v) is 20.3. The molecule has 0 saturated heterocycles. The quantitative estimate of drug-likeness (QED) is 0.271. The number of carbonyl (C=O) groups is 1. The summed E-state index contributed by atoms with van der Waals surface area (Å²) >= 11 is 0. The molecule has 2 aliphatic rings. The minimum atomic E-state index is -4.56. The largest absolute Gasteiger partial charge is 0.416 e. The number of halogens is 4. The van der Waals surface area contributed by atoms with Gasteiger partial charge in [0, 0.05) is 35.1 Å². The Morgan fingerprint density at radius 1 is 0.947 bits per heavy atom. The van der Waals surface area contributed by atoms with Gasteiger partial charge in [0.1, 0.15) is 18.0 Å². The monoisotopic (exact) mass is 520 g/mol. The van der Waals surface area contributed by atoms with Gasteiger partial charge in [0.25, 0.3) is 5.91 Å². The van der Waals surface area contributed by atoms with Crippen molar-refractivity contribution < 1.29 is 22.4 Å². The normalized spacial score (nSPS) is 15.5. The van der Waals surface area contributed by atoms with Crippen LogP contribution in [0.5, 0.6) is 0 Å². The summed E-state index contributed by atoms with van der Waals surface area (Å²) in [6.45, 7) is -0.0371. The first-order valence-electron chi connectivity index (χ1n) is 12.5. The highest BCUT2D eigenvalue weighted by atomic mass is 19.4. The Morgan fingerprint density at radius 2 is 1.71 bits per heavy atom. The summed E-state index contributed by atoms with van der Waals surface area (Å²) in [5.41, 5.74) is 1.74. The highest BCUT2D eigenvalue weighted by Crippen LogP contribution is 2.35. The first-order chi connectivity index (χ1) is 18.3. The molecule has 6 rings (SSSR count). The van der Waals surface area contributed by atoms with E-state index in [1.807, 2.05) is 18.2 Å². The van der Waals surface area contributed by atoms with E-state index < -0.39 is 23.5 Å². The van der Waals surface area contributed by atoms with E-state index in [-0.39, 0.29) is 18.2 Å².